The molecule has 1 atom stereocenters. The summed E-state index contributed by atoms with van der Waals surface area (Å²) >= 11 is 0. The lowest BCUT2D eigenvalue weighted by Crippen LogP contribution is -2.43. The number of hydrogen-bond acceptors (Lipinski definition) is 2. The fourth-order valence-electron chi connectivity index (χ4n) is 2.28. The molecule has 2 rings (SSSR count). The van der Waals surface area contributed by atoms with Crippen molar-refractivity contribution in [2.75, 3.05) is 20.1 Å². The average molecular weight is 234 g/mol. The summed E-state index contributed by atoms with van der Waals surface area (Å²) in [6.45, 7) is 7.53. The molecule has 0 amide bonds. The zero-order valence-electron chi connectivity index (χ0n) is 11.4. The van der Waals surface area contributed by atoms with Crippen LogP contribution < -0.4 is 5.32 Å². The maximum absolute atomic E-state index is 3.38. The first kappa shape index (κ1) is 14.2. The van der Waals surface area contributed by atoms with Gasteiger partial charge in [0.15, 0.2) is 0 Å². The molecule has 1 aromatic rings. The van der Waals surface area contributed by atoms with Gasteiger partial charge < -0.3 is 5.32 Å². The van der Waals surface area contributed by atoms with Crippen molar-refractivity contribution in [3.8, 4) is 0 Å². The van der Waals surface area contributed by atoms with E-state index < -0.39 is 0 Å². The molecule has 2 heteroatoms. The van der Waals surface area contributed by atoms with Crippen LogP contribution in [0.5, 0.6) is 0 Å². The lowest BCUT2D eigenvalue weighted by molar-refractivity contribution is 0.188. The van der Waals surface area contributed by atoms with E-state index in [9.17, 15) is 0 Å². The number of rotatable bonds is 3. The second-order valence-corrected chi connectivity index (χ2v) is 4.35. The SMILES string of the molecule is CC.CNC1CCCN(Cc2ccccc2)C1. The van der Waals surface area contributed by atoms with E-state index in [2.05, 4.69) is 47.6 Å². The highest BCUT2D eigenvalue weighted by atomic mass is 15.2. The van der Waals surface area contributed by atoms with Crippen LogP contribution >= 0.6 is 0 Å². The van der Waals surface area contributed by atoms with Crippen molar-refractivity contribution >= 4 is 0 Å². The van der Waals surface area contributed by atoms with Gasteiger partial charge >= 0.3 is 0 Å². The van der Waals surface area contributed by atoms with Crippen LogP contribution in [-0.2, 0) is 6.54 Å². The minimum absolute atomic E-state index is 0.683. The average Bonchev–Trinajstić information content (AvgIpc) is 2.42. The third-order valence-corrected chi connectivity index (χ3v) is 3.16. The van der Waals surface area contributed by atoms with Crippen molar-refractivity contribution < 1.29 is 0 Å². The molecule has 0 spiro atoms. The Kier molecular flexibility index (Phi) is 6.90. The number of piperidine rings is 1. The van der Waals surface area contributed by atoms with Crippen LogP contribution in [0, 0.1) is 0 Å². The molecule has 1 fully saturated rings. The van der Waals surface area contributed by atoms with Crippen LogP contribution in [0.3, 0.4) is 0 Å². The number of benzene rings is 1. The third kappa shape index (κ3) is 4.88. The first-order valence-corrected chi connectivity index (χ1v) is 6.82. The Morgan fingerprint density at radius 3 is 2.59 bits per heavy atom. The van der Waals surface area contributed by atoms with Gasteiger partial charge in [-0.05, 0) is 32.0 Å². The lowest BCUT2D eigenvalue weighted by atomic mass is 10.1. The van der Waals surface area contributed by atoms with Gasteiger partial charge in [0.2, 0.25) is 0 Å². The standard InChI is InChI=1S/C13H20N2.C2H6/c1-14-13-8-5-9-15(11-13)10-12-6-3-2-4-7-12;1-2/h2-4,6-7,13-14H,5,8-11H2,1H3;1-2H3. The van der Waals surface area contributed by atoms with Gasteiger partial charge in [0.25, 0.3) is 0 Å². The number of nitrogens with one attached hydrogen (secondary N) is 1. The van der Waals surface area contributed by atoms with E-state index in [0.29, 0.717) is 6.04 Å². The molecule has 96 valence electrons. The van der Waals surface area contributed by atoms with Crippen molar-refractivity contribution in [3.05, 3.63) is 35.9 Å². The second kappa shape index (κ2) is 8.26. The fourth-order valence-corrected chi connectivity index (χ4v) is 2.28. The van der Waals surface area contributed by atoms with Crippen LogP contribution in [-0.4, -0.2) is 31.1 Å². The van der Waals surface area contributed by atoms with Gasteiger partial charge in [0, 0.05) is 19.1 Å². The van der Waals surface area contributed by atoms with Crippen LogP contribution in [0.25, 0.3) is 0 Å². The predicted octanol–water partition coefficient (Wildman–Crippen LogP) is 2.90. The molecular formula is C15H26N2. The molecule has 1 saturated heterocycles. The normalized spacial score (nSPS) is 20.5. The summed E-state index contributed by atoms with van der Waals surface area (Å²) in [4.78, 5) is 2.54. The van der Waals surface area contributed by atoms with Crippen LogP contribution in [0.15, 0.2) is 30.3 Å². The predicted molar refractivity (Wildman–Crippen MR) is 75.1 cm³/mol. The molecule has 0 aliphatic carbocycles. The Balaban J connectivity index is 0.000000686. The number of nitrogens with zero attached hydrogens (tertiary/aromatic N) is 1. The van der Waals surface area contributed by atoms with Crippen molar-refractivity contribution in [2.45, 2.75) is 39.3 Å². The summed E-state index contributed by atoms with van der Waals surface area (Å²) < 4.78 is 0. The Hall–Kier alpha value is -0.860. The van der Waals surface area contributed by atoms with Crippen molar-refractivity contribution in [1.82, 2.24) is 10.2 Å². The zero-order chi connectivity index (χ0) is 12.5. The van der Waals surface area contributed by atoms with Gasteiger partial charge in [-0.2, -0.15) is 0 Å². The Labute approximate surface area is 106 Å². The molecule has 17 heavy (non-hydrogen) atoms. The number of hydrogen-bond donors (Lipinski definition) is 1. The molecule has 0 bridgehead atoms. The summed E-state index contributed by atoms with van der Waals surface area (Å²) in [6.07, 6.45) is 2.64. The molecule has 1 aliphatic heterocycles. The summed E-state index contributed by atoms with van der Waals surface area (Å²) in [5.74, 6) is 0. The van der Waals surface area contributed by atoms with E-state index in [4.69, 9.17) is 0 Å². The zero-order valence-corrected chi connectivity index (χ0v) is 11.4. The Morgan fingerprint density at radius 2 is 1.94 bits per heavy atom. The van der Waals surface area contributed by atoms with Crippen molar-refractivity contribution in [1.29, 1.82) is 0 Å². The second-order valence-electron chi connectivity index (χ2n) is 4.35. The van der Waals surface area contributed by atoms with Gasteiger partial charge in [0.05, 0.1) is 0 Å². The largest absolute Gasteiger partial charge is 0.316 e. The highest BCUT2D eigenvalue weighted by Crippen LogP contribution is 2.13. The summed E-state index contributed by atoms with van der Waals surface area (Å²) in [5.41, 5.74) is 1.43. The van der Waals surface area contributed by atoms with E-state index in [1.807, 2.05) is 13.8 Å². The molecule has 1 aromatic carbocycles. The summed E-state index contributed by atoms with van der Waals surface area (Å²) in [7, 11) is 2.07. The minimum Gasteiger partial charge on any atom is -0.316 e. The van der Waals surface area contributed by atoms with Crippen LogP contribution in [0.2, 0.25) is 0 Å². The third-order valence-electron chi connectivity index (χ3n) is 3.16. The molecule has 2 nitrogen and oxygen atoms in total. The molecule has 0 saturated carbocycles. The van der Waals surface area contributed by atoms with Gasteiger partial charge in [-0.3, -0.25) is 4.90 Å². The van der Waals surface area contributed by atoms with Gasteiger partial charge in [-0.25, -0.2) is 0 Å². The highest BCUT2D eigenvalue weighted by Gasteiger charge is 2.17. The monoisotopic (exact) mass is 234 g/mol. The topological polar surface area (TPSA) is 15.3 Å². The molecule has 1 N–H and O–H groups in total. The molecular weight excluding hydrogens is 208 g/mol. The maximum atomic E-state index is 3.38. The fraction of sp³-hybridized carbons (Fsp3) is 0.600. The van der Waals surface area contributed by atoms with E-state index in [0.717, 1.165) is 6.54 Å². The molecule has 1 unspecified atom stereocenters. The smallest absolute Gasteiger partial charge is 0.0234 e. The lowest BCUT2D eigenvalue weighted by Gasteiger charge is -2.32. The number of likely N-dealkylation sites (tertiary alicyclic amines) is 1. The van der Waals surface area contributed by atoms with E-state index in [1.54, 1.807) is 0 Å². The first-order valence-electron chi connectivity index (χ1n) is 6.82. The van der Waals surface area contributed by atoms with Crippen molar-refractivity contribution in [2.24, 2.45) is 0 Å². The van der Waals surface area contributed by atoms with Gasteiger partial charge in [-0.1, -0.05) is 44.2 Å². The highest BCUT2D eigenvalue weighted by molar-refractivity contribution is 5.14. The Bertz CT molecular complexity index is 284. The van der Waals surface area contributed by atoms with E-state index in [-0.39, 0.29) is 0 Å². The molecule has 0 aromatic heterocycles. The first-order chi connectivity index (χ1) is 8.38. The van der Waals surface area contributed by atoms with Crippen LogP contribution in [0.1, 0.15) is 32.3 Å². The Morgan fingerprint density at radius 1 is 1.24 bits per heavy atom. The number of likely N-dealkylation sites (N-methyl/N-ethyl adjacent to an activating group) is 1. The summed E-state index contributed by atoms with van der Waals surface area (Å²) in [5, 5.41) is 3.38. The maximum Gasteiger partial charge on any atom is 0.0234 e. The quantitative estimate of drug-likeness (QED) is 0.865. The molecule has 1 heterocycles. The summed E-state index contributed by atoms with van der Waals surface area (Å²) in [6, 6.07) is 11.4. The van der Waals surface area contributed by atoms with Crippen LogP contribution in [0.4, 0.5) is 0 Å². The molecule has 0 radical (unpaired) electrons. The van der Waals surface area contributed by atoms with Crippen molar-refractivity contribution in [3.63, 3.8) is 0 Å². The minimum atomic E-state index is 0.683. The van der Waals surface area contributed by atoms with E-state index >= 15 is 0 Å². The van der Waals surface area contributed by atoms with E-state index in [1.165, 1.54) is 31.5 Å². The van der Waals surface area contributed by atoms with Gasteiger partial charge in [-0.15, -0.1) is 0 Å². The van der Waals surface area contributed by atoms with Gasteiger partial charge in [0.1, 0.15) is 0 Å². The molecule has 1 aliphatic rings.